The third-order valence-electron chi connectivity index (χ3n) is 8.86. The number of piperidine rings is 1. The monoisotopic (exact) mass is 552 g/mol. The molecule has 3 fully saturated rings. The van der Waals surface area contributed by atoms with E-state index in [2.05, 4.69) is 56.0 Å². The van der Waals surface area contributed by atoms with Gasteiger partial charge in [0.25, 0.3) is 5.91 Å². The fourth-order valence-electron chi connectivity index (χ4n) is 6.38. The summed E-state index contributed by atoms with van der Waals surface area (Å²) in [6.45, 7) is 4.32. The van der Waals surface area contributed by atoms with E-state index < -0.39 is 6.04 Å². The quantitative estimate of drug-likeness (QED) is 0.319. The molecule has 1 amide bonds. The SMILES string of the molecule is CN1CCC(Nc2cccc(C(=O)N[C@@H]3CCOc4cccc(F)c43)c2)(C2NNC(C3CCN(C)CN3)N2)CC1. The number of hydrogen-bond acceptors (Lipinski definition) is 9. The summed E-state index contributed by atoms with van der Waals surface area (Å²) in [6.07, 6.45) is 3.60. The molecule has 6 rings (SSSR count). The molecule has 0 aromatic heterocycles. The Morgan fingerprint density at radius 3 is 2.67 bits per heavy atom. The van der Waals surface area contributed by atoms with Crippen LogP contribution < -0.4 is 36.9 Å². The van der Waals surface area contributed by atoms with Crippen LogP contribution in [0.15, 0.2) is 42.5 Å². The highest BCUT2D eigenvalue weighted by Crippen LogP contribution is 2.35. The summed E-state index contributed by atoms with van der Waals surface area (Å²) >= 11 is 0. The molecule has 2 aromatic carbocycles. The average molecular weight is 553 g/mol. The van der Waals surface area contributed by atoms with Crippen LogP contribution in [-0.4, -0.2) is 86.6 Å². The third kappa shape index (κ3) is 5.67. The first-order valence-corrected chi connectivity index (χ1v) is 14.4. The molecule has 0 aliphatic carbocycles. The number of rotatable bonds is 6. The Hall–Kier alpha value is -2.80. The second kappa shape index (κ2) is 11.6. The molecule has 4 heterocycles. The van der Waals surface area contributed by atoms with Crippen molar-refractivity contribution in [2.75, 3.05) is 52.3 Å². The Morgan fingerprint density at radius 1 is 1.05 bits per heavy atom. The first-order valence-electron chi connectivity index (χ1n) is 14.4. The molecule has 11 heteroatoms. The molecule has 0 bridgehead atoms. The predicted molar refractivity (Wildman–Crippen MR) is 152 cm³/mol. The van der Waals surface area contributed by atoms with Crippen molar-refractivity contribution in [2.45, 2.75) is 55.6 Å². The molecule has 4 aliphatic rings. The highest BCUT2D eigenvalue weighted by Gasteiger charge is 2.46. The van der Waals surface area contributed by atoms with Crippen molar-refractivity contribution in [1.29, 1.82) is 0 Å². The minimum Gasteiger partial charge on any atom is -0.493 e. The topological polar surface area (TPSA) is 105 Å². The number of hydrogen-bond donors (Lipinski definition) is 6. The largest absolute Gasteiger partial charge is 0.493 e. The predicted octanol–water partition coefficient (Wildman–Crippen LogP) is 1.56. The van der Waals surface area contributed by atoms with Crippen molar-refractivity contribution in [2.24, 2.45) is 0 Å². The summed E-state index contributed by atoms with van der Waals surface area (Å²) in [5.74, 6) is -0.0921. The van der Waals surface area contributed by atoms with Gasteiger partial charge >= 0.3 is 0 Å². The van der Waals surface area contributed by atoms with Crippen LogP contribution in [0.1, 0.15) is 47.6 Å². The van der Waals surface area contributed by atoms with Crippen LogP contribution in [0.3, 0.4) is 0 Å². The zero-order valence-electron chi connectivity index (χ0n) is 23.3. The third-order valence-corrected chi connectivity index (χ3v) is 8.86. The summed E-state index contributed by atoms with van der Waals surface area (Å²) in [4.78, 5) is 18.0. The summed E-state index contributed by atoms with van der Waals surface area (Å²) in [6, 6.07) is 12.3. The molecule has 10 nitrogen and oxygen atoms in total. The normalized spacial score (nSPS) is 28.9. The zero-order valence-corrected chi connectivity index (χ0v) is 23.3. The summed E-state index contributed by atoms with van der Waals surface area (Å²) < 4.78 is 20.2. The van der Waals surface area contributed by atoms with Crippen molar-refractivity contribution in [3.8, 4) is 5.75 Å². The lowest BCUT2D eigenvalue weighted by Crippen LogP contribution is -2.64. The maximum absolute atomic E-state index is 14.6. The number of carbonyl (C=O) groups excluding carboxylic acids is 1. The van der Waals surface area contributed by atoms with Gasteiger partial charge in [0.2, 0.25) is 0 Å². The minimum absolute atomic E-state index is 0.00635. The lowest BCUT2D eigenvalue weighted by molar-refractivity contribution is 0.0923. The first-order chi connectivity index (χ1) is 19.4. The number of amides is 1. The molecule has 40 heavy (non-hydrogen) atoms. The van der Waals surface area contributed by atoms with Gasteiger partial charge in [0.1, 0.15) is 11.6 Å². The lowest BCUT2D eigenvalue weighted by Gasteiger charge is -2.46. The average Bonchev–Trinajstić information content (AvgIpc) is 3.46. The zero-order chi connectivity index (χ0) is 27.7. The van der Waals surface area contributed by atoms with E-state index in [1.54, 1.807) is 18.2 Å². The fourth-order valence-corrected chi connectivity index (χ4v) is 6.38. The molecular weight excluding hydrogens is 511 g/mol. The van der Waals surface area contributed by atoms with Gasteiger partial charge in [-0.15, -0.1) is 0 Å². The highest BCUT2D eigenvalue weighted by atomic mass is 19.1. The van der Waals surface area contributed by atoms with Gasteiger partial charge in [-0.05, 0) is 63.7 Å². The number of anilines is 1. The standard InChI is InChI=1S/C29H41FN8O2/c1-37-14-11-29(12-15-37,28-33-26(35-36-28)23-9-13-38(2)18-31-23)34-20-6-3-5-19(17-20)27(39)32-22-10-16-40-24-8-4-7-21(30)25(22)24/h3-8,17,22-23,26,28,31,33-36H,9-16,18H2,1-2H3,(H,32,39)/t22-,23?,26?,28?/m1/s1. The van der Waals surface area contributed by atoms with Crippen LogP contribution in [-0.2, 0) is 0 Å². The van der Waals surface area contributed by atoms with Gasteiger partial charge < -0.3 is 20.3 Å². The molecule has 4 atom stereocenters. The van der Waals surface area contributed by atoms with Crippen LogP contribution in [0, 0.1) is 5.82 Å². The maximum Gasteiger partial charge on any atom is 0.251 e. The Bertz CT molecular complexity index is 1200. The van der Waals surface area contributed by atoms with Crippen molar-refractivity contribution < 1.29 is 13.9 Å². The number of carbonyl (C=O) groups is 1. The van der Waals surface area contributed by atoms with Gasteiger partial charge in [-0.25, -0.2) is 15.2 Å². The smallest absolute Gasteiger partial charge is 0.251 e. The Morgan fingerprint density at radius 2 is 1.88 bits per heavy atom. The second-order valence-electron chi connectivity index (χ2n) is 11.7. The van der Waals surface area contributed by atoms with E-state index in [1.165, 1.54) is 6.07 Å². The molecule has 2 aromatic rings. The van der Waals surface area contributed by atoms with E-state index in [-0.39, 0.29) is 29.6 Å². The van der Waals surface area contributed by atoms with Gasteiger partial charge in [-0.1, -0.05) is 12.1 Å². The van der Waals surface area contributed by atoms with Crippen LogP contribution in [0.5, 0.6) is 5.75 Å². The van der Waals surface area contributed by atoms with Gasteiger partial charge in [0, 0.05) is 50.0 Å². The molecule has 6 N–H and O–H groups in total. The highest BCUT2D eigenvalue weighted by molar-refractivity contribution is 5.95. The second-order valence-corrected chi connectivity index (χ2v) is 11.7. The van der Waals surface area contributed by atoms with Crippen molar-refractivity contribution in [3.05, 3.63) is 59.4 Å². The van der Waals surface area contributed by atoms with Crippen molar-refractivity contribution in [1.82, 2.24) is 36.6 Å². The Labute approximate surface area is 235 Å². The summed E-state index contributed by atoms with van der Waals surface area (Å²) in [7, 11) is 4.29. The maximum atomic E-state index is 14.6. The van der Waals surface area contributed by atoms with E-state index >= 15 is 0 Å². The van der Waals surface area contributed by atoms with Gasteiger partial charge in [-0.3, -0.25) is 20.3 Å². The molecule has 4 aliphatic heterocycles. The van der Waals surface area contributed by atoms with Crippen LogP contribution in [0.25, 0.3) is 0 Å². The summed E-state index contributed by atoms with van der Waals surface area (Å²) in [5, 5.41) is 14.3. The number of nitrogens with one attached hydrogen (secondary N) is 6. The number of likely N-dealkylation sites (tertiary alicyclic amines) is 1. The van der Waals surface area contributed by atoms with Crippen molar-refractivity contribution >= 4 is 11.6 Å². The number of benzene rings is 2. The van der Waals surface area contributed by atoms with Gasteiger partial charge in [0.15, 0.2) is 0 Å². The van der Waals surface area contributed by atoms with Crippen molar-refractivity contribution in [3.63, 3.8) is 0 Å². The van der Waals surface area contributed by atoms with Gasteiger partial charge in [-0.2, -0.15) is 0 Å². The lowest BCUT2D eigenvalue weighted by atomic mass is 9.84. The van der Waals surface area contributed by atoms with E-state index in [4.69, 9.17) is 4.74 Å². The van der Waals surface area contributed by atoms with Gasteiger partial charge in [0.05, 0.1) is 36.1 Å². The van der Waals surface area contributed by atoms with Crippen LogP contribution in [0.2, 0.25) is 0 Å². The molecule has 0 radical (unpaired) electrons. The van der Waals surface area contributed by atoms with Crippen LogP contribution in [0.4, 0.5) is 10.1 Å². The Balaban J connectivity index is 1.17. The van der Waals surface area contributed by atoms with E-state index in [0.29, 0.717) is 35.9 Å². The number of ether oxygens (including phenoxy) is 1. The molecule has 3 saturated heterocycles. The minimum atomic E-state index is -0.433. The molecular formula is C29H41FN8O2. The Kier molecular flexibility index (Phi) is 7.93. The number of fused-ring (bicyclic) bond motifs is 1. The summed E-state index contributed by atoms with van der Waals surface area (Å²) in [5.41, 5.74) is 8.63. The molecule has 0 saturated carbocycles. The van der Waals surface area contributed by atoms with Crippen LogP contribution >= 0.6 is 0 Å². The molecule has 0 spiro atoms. The first kappa shape index (κ1) is 27.4. The van der Waals surface area contributed by atoms with E-state index in [0.717, 1.165) is 51.3 Å². The molecule has 216 valence electrons. The molecule has 3 unspecified atom stereocenters. The fraction of sp³-hybridized carbons (Fsp3) is 0.552. The van der Waals surface area contributed by atoms with E-state index in [1.807, 2.05) is 18.2 Å². The van der Waals surface area contributed by atoms with E-state index in [9.17, 15) is 9.18 Å². The number of halogens is 1. The number of nitrogens with zero attached hydrogens (tertiary/aromatic N) is 2. The number of hydrazine groups is 1.